The minimum Gasteiger partial charge on any atom is -0.460 e. The summed E-state index contributed by atoms with van der Waals surface area (Å²) in [4.78, 5) is 36.0. The molecule has 3 N–H and O–H groups in total. The van der Waals surface area contributed by atoms with E-state index in [9.17, 15) is 23.3 Å². The molecule has 15 heteroatoms. The van der Waals surface area contributed by atoms with Gasteiger partial charge in [0, 0.05) is 39.7 Å². The molecule has 1 aliphatic rings. The molecule has 320 valence electrons. The number of H-pyrrole nitrogens is 1. The Morgan fingerprint density at radius 1 is 0.905 bits per heavy atom. The van der Waals surface area contributed by atoms with Crippen LogP contribution in [0.4, 0.5) is 5.69 Å². The van der Waals surface area contributed by atoms with E-state index in [1.54, 1.807) is 47.9 Å². The zero-order valence-corrected chi connectivity index (χ0v) is 37.8. The number of rotatable bonds is 10. The van der Waals surface area contributed by atoms with Crippen LogP contribution < -0.4 is 10.0 Å². The molecular formula is C48H46N8O5S2. The normalized spacial score (nSPS) is 13.7. The SMILES string of the molecule is Cc1cc(-c2ccc(C3=N[C@@H](CC(=O)OC(C)(C)C)c4nnc(C)n4-c4sc(C)c(C)c43)cc2)ccc1C(=O)NCc1ccc(S(=O)(=O)Nc2ccc(C)c3c(C#N)c[nH]c23)cc1. The number of carbonyl (C=O) groups is 2. The molecule has 3 aromatic heterocycles. The number of carbonyl (C=O) groups excluding carboxylic acids is 2. The van der Waals surface area contributed by atoms with Crippen molar-refractivity contribution in [1.82, 2.24) is 25.1 Å². The third-order valence-electron chi connectivity index (χ3n) is 11.1. The molecule has 13 nitrogen and oxygen atoms in total. The van der Waals surface area contributed by atoms with Crippen LogP contribution in [0, 0.1) is 45.9 Å². The second kappa shape index (κ2) is 16.4. The van der Waals surface area contributed by atoms with Gasteiger partial charge in [0.25, 0.3) is 15.9 Å². The number of nitriles is 1. The number of ether oxygens (including phenoxy) is 1. The molecule has 0 saturated carbocycles. The maximum atomic E-state index is 13.4. The summed E-state index contributed by atoms with van der Waals surface area (Å²) in [5, 5.41) is 22.9. The van der Waals surface area contributed by atoms with Crippen LogP contribution in [0.15, 0.2) is 94.9 Å². The first-order valence-corrected chi connectivity index (χ1v) is 22.7. The van der Waals surface area contributed by atoms with Crippen molar-refractivity contribution in [3.63, 3.8) is 0 Å². The number of aryl methyl sites for hydroxylation is 4. The molecule has 0 unspecified atom stereocenters. The molecule has 0 spiro atoms. The molecule has 63 heavy (non-hydrogen) atoms. The summed E-state index contributed by atoms with van der Waals surface area (Å²) in [5.74, 6) is 0.690. The molecule has 4 heterocycles. The largest absolute Gasteiger partial charge is 0.460 e. The maximum absolute atomic E-state index is 13.4. The van der Waals surface area contributed by atoms with Crippen LogP contribution in [0.25, 0.3) is 27.0 Å². The number of aliphatic imine (C=N–C) groups is 1. The molecule has 7 aromatic rings. The van der Waals surface area contributed by atoms with E-state index < -0.39 is 21.7 Å². The summed E-state index contributed by atoms with van der Waals surface area (Å²) in [6.45, 7) is 15.6. The molecule has 1 amide bonds. The fraction of sp³-hybridized carbons (Fsp3) is 0.250. The zero-order chi connectivity index (χ0) is 45.0. The number of amides is 1. The van der Waals surface area contributed by atoms with E-state index >= 15 is 0 Å². The van der Waals surface area contributed by atoms with Gasteiger partial charge >= 0.3 is 5.97 Å². The number of benzene rings is 4. The van der Waals surface area contributed by atoms with Gasteiger partial charge in [-0.3, -0.25) is 23.9 Å². The lowest BCUT2D eigenvalue weighted by atomic mass is 9.95. The monoisotopic (exact) mass is 878 g/mol. The average molecular weight is 879 g/mol. The maximum Gasteiger partial charge on any atom is 0.308 e. The Kier molecular flexibility index (Phi) is 11.2. The van der Waals surface area contributed by atoms with E-state index in [2.05, 4.69) is 45.1 Å². The number of hydrogen-bond acceptors (Lipinski definition) is 10. The van der Waals surface area contributed by atoms with Crippen LogP contribution in [0.1, 0.15) is 99.1 Å². The summed E-state index contributed by atoms with van der Waals surface area (Å²) in [7, 11) is -3.95. The number of fused-ring (bicyclic) bond motifs is 4. The Bertz CT molecular complexity index is 3150. The lowest BCUT2D eigenvalue weighted by Crippen LogP contribution is -2.25. The Morgan fingerprint density at radius 3 is 2.29 bits per heavy atom. The van der Waals surface area contributed by atoms with Gasteiger partial charge in [-0.1, -0.05) is 54.6 Å². The summed E-state index contributed by atoms with van der Waals surface area (Å²) in [6, 6.07) is 25.1. The van der Waals surface area contributed by atoms with Crippen molar-refractivity contribution >= 4 is 55.5 Å². The van der Waals surface area contributed by atoms with Crippen molar-refractivity contribution < 1.29 is 22.7 Å². The fourth-order valence-electron chi connectivity index (χ4n) is 7.85. The lowest BCUT2D eigenvalue weighted by molar-refractivity contribution is -0.155. The topological polar surface area (TPSA) is 184 Å². The number of sulfonamides is 1. The first-order chi connectivity index (χ1) is 29.9. The van der Waals surface area contributed by atoms with E-state index in [1.807, 2.05) is 82.5 Å². The molecule has 1 atom stereocenters. The minimum atomic E-state index is -3.95. The second-order valence-corrected chi connectivity index (χ2v) is 19.6. The Morgan fingerprint density at radius 2 is 1.60 bits per heavy atom. The van der Waals surface area contributed by atoms with Gasteiger partial charge in [-0.05, 0) is 113 Å². The highest BCUT2D eigenvalue weighted by atomic mass is 32.2. The highest BCUT2D eigenvalue weighted by molar-refractivity contribution is 7.92. The molecule has 8 rings (SSSR count). The number of aromatic amines is 1. The van der Waals surface area contributed by atoms with Gasteiger partial charge in [0.05, 0.1) is 33.8 Å². The van der Waals surface area contributed by atoms with Gasteiger partial charge in [-0.2, -0.15) is 5.26 Å². The van der Waals surface area contributed by atoms with Crippen molar-refractivity contribution in [2.45, 2.75) is 84.9 Å². The first-order valence-electron chi connectivity index (χ1n) is 20.4. The summed E-state index contributed by atoms with van der Waals surface area (Å²) >= 11 is 1.65. The lowest BCUT2D eigenvalue weighted by Gasteiger charge is -2.21. The Hall–Kier alpha value is -6.89. The second-order valence-electron chi connectivity index (χ2n) is 16.7. The number of thiophene rings is 1. The third-order valence-corrected chi connectivity index (χ3v) is 13.7. The zero-order valence-electron chi connectivity index (χ0n) is 36.2. The summed E-state index contributed by atoms with van der Waals surface area (Å²) < 4.78 is 37.0. The minimum absolute atomic E-state index is 0.0111. The molecular weight excluding hydrogens is 833 g/mol. The standard InChI is InChI=1S/C48H46N8O5S2/c1-26-9-20-38(44-41(26)35(23-49)25-50-44)55-63(59,60)36-17-10-31(11-18-36)24-51-46(58)37-19-16-34(21-27(37)2)32-12-14-33(15-13-32)43-42-28(3)29(4)62-47(42)56-30(5)53-54-45(56)39(52-43)22-40(57)61-48(6,7)8/h9-21,25,39,50,55H,22,24H2,1-8H3,(H,51,58)/t39-/m0/s1. The van der Waals surface area contributed by atoms with E-state index in [0.717, 1.165) is 60.1 Å². The molecule has 0 fully saturated rings. The smallest absolute Gasteiger partial charge is 0.308 e. The molecule has 0 aliphatic carbocycles. The quantitative estimate of drug-likeness (QED) is 0.114. The van der Waals surface area contributed by atoms with E-state index in [-0.39, 0.29) is 29.7 Å². The number of anilines is 1. The number of esters is 1. The van der Waals surface area contributed by atoms with E-state index in [4.69, 9.17) is 9.73 Å². The van der Waals surface area contributed by atoms with Crippen molar-refractivity contribution in [2.75, 3.05) is 4.72 Å². The molecule has 4 aromatic carbocycles. The molecule has 0 bridgehead atoms. The van der Waals surface area contributed by atoms with E-state index in [1.165, 1.54) is 12.1 Å². The first kappa shape index (κ1) is 42.8. The fourth-order valence-corrected chi connectivity index (χ4v) is 10.1. The molecule has 0 radical (unpaired) electrons. The summed E-state index contributed by atoms with van der Waals surface area (Å²) in [5.41, 5.74) is 9.20. The number of aromatic nitrogens is 4. The van der Waals surface area contributed by atoms with Crippen LogP contribution in [0.3, 0.4) is 0 Å². The summed E-state index contributed by atoms with van der Waals surface area (Å²) in [6.07, 6.45) is 1.57. The van der Waals surface area contributed by atoms with Crippen molar-refractivity contribution in [3.8, 4) is 22.2 Å². The Labute approximate surface area is 369 Å². The Balaban J connectivity index is 0.970. The van der Waals surface area contributed by atoms with E-state index in [0.29, 0.717) is 39.4 Å². The van der Waals surface area contributed by atoms with Crippen molar-refractivity contribution in [3.05, 3.63) is 146 Å². The predicted molar refractivity (Wildman–Crippen MR) is 245 cm³/mol. The highest BCUT2D eigenvalue weighted by Crippen LogP contribution is 2.40. The van der Waals surface area contributed by atoms with Crippen LogP contribution in [0.5, 0.6) is 0 Å². The van der Waals surface area contributed by atoms with Gasteiger partial charge in [-0.15, -0.1) is 21.5 Å². The third kappa shape index (κ3) is 8.39. The highest BCUT2D eigenvalue weighted by Gasteiger charge is 2.33. The molecule has 1 aliphatic heterocycles. The number of nitrogens with zero attached hydrogens (tertiary/aromatic N) is 5. The van der Waals surface area contributed by atoms with Gasteiger partial charge in [0.15, 0.2) is 5.82 Å². The van der Waals surface area contributed by atoms with Gasteiger partial charge < -0.3 is 15.0 Å². The van der Waals surface area contributed by atoms with Crippen LogP contribution in [0.2, 0.25) is 0 Å². The molecule has 0 saturated heterocycles. The van der Waals surface area contributed by atoms with Crippen LogP contribution in [-0.4, -0.2) is 51.4 Å². The van der Waals surface area contributed by atoms with Gasteiger partial charge in [-0.25, -0.2) is 8.42 Å². The number of nitrogens with one attached hydrogen (secondary N) is 3. The predicted octanol–water partition coefficient (Wildman–Crippen LogP) is 9.25. The van der Waals surface area contributed by atoms with Gasteiger partial charge in [0.2, 0.25) is 0 Å². The number of hydrogen-bond donors (Lipinski definition) is 3. The van der Waals surface area contributed by atoms with Crippen molar-refractivity contribution in [1.29, 1.82) is 5.26 Å². The van der Waals surface area contributed by atoms with Crippen LogP contribution >= 0.6 is 11.3 Å². The van der Waals surface area contributed by atoms with Crippen LogP contribution in [-0.2, 0) is 26.1 Å². The van der Waals surface area contributed by atoms with Gasteiger partial charge in [0.1, 0.15) is 28.5 Å². The average Bonchev–Trinajstić information content (AvgIpc) is 3.91. The van der Waals surface area contributed by atoms with Crippen molar-refractivity contribution in [2.24, 2.45) is 4.99 Å².